The normalized spacial score (nSPS) is 16.8. The van der Waals surface area contributed by atoms with Crippen molar-refractivity contribution in [3.05, 3.63) is 59.2 Å². The molecule has 1 heterocycles. The Balaban J connectivity index is 1.78. The maximum absolute atomic E-state index is 13.2. The number of benzene rings is 2. The lowest BCUT2D eigenvalue weighted by Gasteiger charge is -2.32. The Morgan fingerprint density at radius 2 is 1.88 bits per heavy atom. The Bertz CT molecular complexity index is 1170. The average Bonchev–Trinajstić information content (AvgIpc) is 2.76. The Hall–Kier alpha value is -2.87. The quantitative estimate of drug-likeness (QED) is 0.612. The third-order valence-electron chi connectivity index (χ3n) is 6.31. The number of piperidine rings is 1. The molecule has 3 rings (SSSR count). The van der Waals surface area contributed by atoms with Gasteiger partial charge in [0.05, 0.1) is 4.90 Å². The van der Waals surface area contributed by atoms with Gasteiger partial charge in [-0.2, -0.15) is 0 Å². The van der Waals surface area contributed by atoms with Crippen LogP contribution in [0.15, 0.2) is 47.4 Å². The van der Waals surface area contributed by atoms with Gasteiger partial charge >= 0.3 is 0 Å². The fourth-order valence-electron chi connectivity index (χ4n) is 4.30. The SMILES string of the molecule is Cc1ccc(C(C)(C)C)cc1S(=O)(=O)Nc1cccc(C(=O)N2CCCC(CCC(N)=O)C2)c1. The first-order valence-corrected chi connectivity index (χ1v) is 13.2. The van der Waals surface area contributed by atoms with Gasteiger partial charge < -0.3 is 10.6 Å². The molecule has 0 aliphatic carbocycles. The topological polar surface area (TPSA) is 110 Å². The summed E-state index contributed by atoms with van der Waals surface area (Å²) in [5.74, 6) is -0.229. The van der Waals surface area contributed by atoms with Crippen LogP contribution in [0.1, 0.15) is 67.9 Å². The molecule has 0 radical (unpaired) electrons. The zero-order chi connectivity index (χ0) is 25.1. The number of aryl methyl sites for hydroxylation is 1. The molecule has 0 saturated carbocycles. The highest BCUT2D eigenvalue weighted by molar-refractivity contribution is 7.92. The number of hydrogen-bond acceptors (Lipinski definition) is 4. The maximum Gasteiger partial charge on any atom is 0.262 e. The molecule has 1 saturated heterocycles. The molecule has 3 N–H and O–H groups in total. The number of likely N-dealkylation sites (tertiary alicyclic amines) is 1. The van der Waals surface area contributed by atoms with E-state index in [1.54, 1.807) is 42.2 Å². The first-order valence-electron chi connectivity index (χ1n) is 11.7. The van der Waals surface area contributed by atoms with Gasteiger partial charge in [-0.05, 0) is 72.9 Å². The fourth-order valence-corrected chi connectivity index (χ4v) is 5.62. The summed E-state index contributed by atoms with van der Waals surface area (Å²) in [6, 6.07) is 12.1. The van der Waals surface area contributed by atoms with Crippen LogP contribution in [0.5, 0.6) is 0 Å². The molecule has 184 valence electrons. The summed E-state index contributed by atoms with van der Waals surface area (Å²) in [7, 11) is -3.84. The second kappa shape index (κ2) is 10.2. The van der Waals surface area contributed by atoms with Gasteiger partial charge in [-0.25, -0.2) is 8.42 Å². The van der Waals surface area contributed by atoms with Crippen LogP contribution in [0.25, 0.3) is 0 Å². The minimum atomic E-state index is -3.84. The number of hydrogen-bond donors (Lipinski definition) is 2. The molecule has 1 aliphatic rings. The number of carbonyl (C=O) groups excluding carboxylic acids is 2. The summed E-state index contributed by atoms with van der Waals surface area (Å²) < 4.78 is 29.1. The first kappa shape index (κ1) is 25.7. The second-order valence-electron chi connectivity index (χ2n) is 10.2. The number of nitrogens with two attached hydrogens (primary N) is 1. The van der Waals surface area contributed by atoms with Crippen molar-refractivity contribution in [1.82, 2.24) is 4.90 Å². The summed E-state index contributed by atoms with van der Waals surface area (Å²) in [5, 5.41) is 0. The number of amides is 2. The van der Waals surface area contributed by atoms with Gasteiger partial charge in [0.15, 0.2) is 0 Å². The number of nitrogens with one attached hydrogen (secondary N) is 1. The lowest BCUT2D eigenvalue weighted by atomic mass is 9.87. The van der Waals surface area contributed by atoms with Crippen molar-refractivity contribution in [3.63, 3.8) is 0 Å². The van der Waals surface area contributed by atoms with Crippen molar-refractivity contribution in [2.75, 3.05) is 17.8 Å². The van der Waals surface area contributed by atoms with E-state index >= 15 is 0 Å². The van der Waals surface area contributed by atoms with Gasteiger partial charge in [0.2, 0.25) is 5.91 Å². The van der Waals surface area contributed by atoms with Gasteiger partial charge in [-0.15, -0.1) is 0 Å². The molecule has 1 unspecified atom stereocenters. The van der Waals surface area contributed by atoms with Crippen molar-refractivity contribution in [1.29, 1.82) is 0 Å². The van der Waals surface area contributed by atoms with Crippen LogP contribution in [0, 0.1) is 12.8 Å². The summed E-state index contributed by atoms with van der Waals surface area (Å²) in [6.45, 7) is 9.09. The van der Waals surface area contributed by atoms with Crippen molar-refractivity contribution in [2.24, 2.45) is 11.7 Å². The lowest BCUT2D eigenvalue weighted by Crippen LogP contribution is -2.40. The molecule has 1 fully saturated rings. The molecule has 2 amide bonds. The number of sulfonamides is 1. The van der Waals surface area contributed by atoms with Crippen LogP contribution in [0.2, 0.25) is 0 Å². The van der Waals surface area contributed by atoms with E-state index in [1.165, 1.54) is 0 Å². The number of nitrogens with zero attached hydrogens (tertiary/aromatic N) is 1. The van der Waals surface area contributed by atoms with Crippen LogP contribution < -0.4 is 10.5 Å². The van der Waals surface area contributed by atoms with Gasteiger partial charge in [0.1, 0.15) is 0 Å². The molecule has 0 spiro atoms. The van der Waals surface area contributed by atoms with E-state index in [2.05, 4.69) is 4.72 Å². The average molecular weight is 486 g/mol. The van der Waals surface area contributed by atoms with Crippen molar-refractivity contribution >= 4 is 27.5 Å². The van der Waals surface area contributed by atoms with Crippen LogP contribution in [-0.2, 0) is 20.2 Å². The third kappa shape index (κ3) is 6.38. The Morgan fingerprint density at radius 1 is 1.15 bits per heavy atom. The first-order chi connectivity index (χ1) is 15.9. The Labute approximate surface area is 202 Å². The largest absolute Gasteiger partial charge is 0.370 e. The van der Waals surface area contributed by atoms with E-state index in [9.17, 15) is 18.0 Å². The molecule has 34 heavy (non-hydrogen) atoms. The molecule has 1 atom stereocenters. The Morgan fingerprint density at radius 3 is 2.56 bits per heavy atom. The fraction of sp³-hybridized carbons (Fsp3) is 0.462. The number of anilines is 1. The minimum Gasteiger partial charge on any atom is -0.370 e. The minimum absolute atomic E-state index is 0.143. The zero-order valence-corrected chi connectivity index (χ0v) is 21.2. The van der Waals surface area contributed by atoms with Crippen molar-refractivity contribution < 1.29 is 18.0 Å². The van der Waals surface area contributed by atoms with E-state index in [-0.39, 0.29) is 28.0 Å². The molecule has 2 aromatic carbocycles. The van der Waals surface area contributed by atoms with Crippen molar-refractivity contribution in [3.8, 4) is 0 Å². The van der Waals surface area contributed by atoms with Gasteiger partial charge in [-0.1, -0.05) is 39.0 Å². The molecular formula is C26H35N3O4S. The molecular weight excluding hydrogens is 450 g/mol. The van der Waals surface area contributed by atoms with Crippen LogP contribution in [0.3, 0.4) is 0 Å². The van der Waals surface area contributed by atoms with Gasteiger partial charge in [-0.3, -0.25) is 14.3 Å². The summed E-state index contributed by atoms with van der Waals surface area (Å²) >= 11 is 0. The Kier molecular flexibility index (Phi) is 7.70. The standard InChI is InChI=1S/C26H35N3O4S/c1-18-10-12-21(26(2,3)4)16-23(18)34(32,33)28-22-9-5-8-20(15-22)25(31)29-14-6-7-19(17-29)11-13-24(27)30/h5,8-10,12,15-16,19,28H,6-7,11,13-14,17H2,1-4H3,(H2,27,30). The summed E-state index contributed by atoms with van der Waals surface area (Å²) in [4.78, 5) is 26.2. The molecule has 7 nitrogen and oxygen atoms in total. The molecule has 1 aliphatic heterocycles. The van der Waals surface area contributed by atoms with Gasteiger partial charge in [0, 0.05) is 30.8 Å². The summed E-state index contributed by atoms with van der Waals surface area (Å²) in [5.41, 5.74) is 7.43. The predicted molar refractivity (Wildman–Crippen MR) is 134 cm³/mol. The van der Waals surface area contributed by atoms with Crippen LogP contribution in [0.4, 0.5) is 5.69 Å². The maximum atomic E-state index is 13.2. The summed E-state index contributed by atoms with van der Waals surface area (Å²) in [6.07, 6.45) is 2.82. The number of carbonyl (C=O) groups is 2. The monoisotopic (exact) mass is 485 g/mol. The zero-order valence-electron chi connectivity index (χ0n) is 20.4. The van der Waals surface area contributed by atoms with E-state index in [0.717, 1.165) is 18.4 Å². The van der Waals surface area contributed by atoms with E-state index < -0.39 is 10.0 Å². The van der Waals surface area contributed by atoms with Crippen LogP contribution in [-0.4, -0.2) is 38.2 Å². The highest BCUT2D eigenvalue weighted by Crippen LogP contribution is 2.28. The van der Waals surface area contributed by atoms with Crippen LogP contribution >= 0.6 is 0 Å². The highest BCUT2D eigenvalue weighted by Gasteiger charge is 2.26. The highest BCUT2D eigenvalue weighted by atomic mass is 32.2. The number of rotatable bonds is 7. The van der Waals surface area contributed by atoms with E-state index in [4.69, 9.17) is 5.73 Å². The lowest BCUT2D eigenvalue weighted by molar-refractivity contribution is -0.118. The molecule has 2 aromatic rings. The third-order valence-corrected chi connectivity index (χ3v) is 7.83. The number of primary amides is 1. The van der Waals surface area contributed by atoms with Crippen molar-refractivity contribution in [2.45, 2.75) is 63.7 Å². The molecule has 8 heteroatoms. The van der Waals surface area contributed by atoms with E-state index in [0.29, 0.717) is 42.7 Å². The van der Waals surface area contributed by atoms with E-state index in [1.807, 2.05) is 32.9 Å². The predicted octanol–water partition coefficient (Wildman–Crippen LogP) is 4.21. The molecule has 0 aromatic heterocycles. The molecule has 0 bridgehead atoms. The second-order valence-corrected chi connectivity index (χ2v) is 11.8. The smallest absolute Gasteiger partial charge is 0.262 e. The van der Waals surface area contributed by atoms with Gasteiger partial charge in [0.25, 0.3) is 15.9 Å².